The number of aromatic nitrogens is 2. The molecule has 0 fully saturated rings. The number of rotatable bonds is 1. The largest absolute Gasteiger partial charge is 0.348 e. The van der Waals surface area contributed by atoms with Crippen molar-refractivity contribution in [1.82, 2.24) is 9.97 Å². The highest BCUT2D eigenvalue weighted by atomic mass is 35.5. The van der Waals surface area contributed by atoms with Crippen molar-refractivity contribution >= 4 is 30.0 Å². The zero-order valence-corrected chi connectivity index (χ0v) is 6.55. The van der Waals surface area contributed by atoms with E-state index < -0.39 is 0 Å². The molecule has 0 aromatic carbocycles. The van der Waals surface area contributed by atoms with Gasteiger partial charge in [-0.15, -0.1) is 12.4 Å². The average molecular weight is 163 g/mol. The molecule has 1 rings (SSSR count). The smallest absolute Gasteiger partial charge is 0.0944 e. The van der Waals surface area contributed by atoms with Crippen molar-refractivity contribution in [2.75, 3.05) is 0 Å². The van der Waals surface area contributed by atoms with Crippen LogP contribution in [0.3, 0.4) is 0 Å². The Morgan fingerprint density at radius 3 is 2.67 bits per heavy atom. The first kappa shape index (κ1) is 8.59. The quantitative estimate of drug-likeness (QED) is 0.634. The molecule has 9 heavy (non-hydrogen) atoms. The van der Waals surface area contributed by atoms with E-state index >= 15 is 0 Å². The first-order valence-corrected chi connectivity index (χ1v) is 2.77. The van der Waals surface area contributed by atoms with Crippen LogP contribution >= 0.6 is 24.6 Å². The number of thiocarbonyl (C=S) groups is 1. The molecule has 0 aliphatic carbocycles. The molecule has 0 radical (unpaired) electrons. The fraction of sp³-hybridized carbons (Fsp3) is 0.200. The van der Waals surface area contributed by atoms with E-state index in [4.69, 9.17) is 0 Å². The molecular weight excluding hydrogens is 156 g/mol. The maximum atomic E-state index is 4.65. The molecule has 50 valence electrons. The highest BCUT2D eigenvalue weighted by molar-refractivity contribution is 7.79. The number of halogens is 1. The molecule has 0 unspecified atom stereocenters. The lowest BCUT2D eigenvalue weighted by Gasteiger charge is -1.80. The second kappa shape index (κ2) is 3.58. The molecule has 1 aromatic heterocycles. The minimum atomic E-state index is 0. The van der Waals surface area contributed by atoms with Crippen LogP contribution in [0.1, 0.15) is 11.4 Å². The van der Waals surface area contributed by atoms with Crippen molar-refractivity contribution in [1.29, 1.82) is 0 Å². The van der Waals surface area contributed by atoms with Gasteiger partial charge >= 0.3 is 0 Å². The highest BCUT2D eigenvalue weighted by Crippen LogP contribution is 1.94. The average Bonchev–Trinajstić information content (AvgIpc) is 2.14. The zero-order chi connectivity index (χ0) is 5.98. The minimum absolute atomic E-state index is 0. The predicted octanol–water partition coefficient (Wildman–Crippen LogP) is 1.49. The summed E-state index contributed by atoms with van der Waals surface area (Å²) in [5.74, 6) is 0. The summed E-state index contributed by atoms with van der Waals surface area (Å²) < 4.78 is 0. The molecule has 1 aromatic rings. The molecule has 1 N–H and O–H groups in total. The Labute approximate surface area is 65.1 Å². The van der Waals surface area contributed by atoms with Crippen LogP contribution in [-0.2, 0) is 0 Å². The first-order chi connectivity index (χ1) is 3.84. The Bertz CT molecular complexity index is 197. The van der Waals surface area contributed by atoms with Gasteiger partial charge in [0.25, 0.3) is 0 Å². The van der Waals surface area contributed by atoms with Crippen LogP contribution in [0, 0.1) is 6.92 Å². The van der Waals surface area contributed by atoms with Crippen LogP contribution in [0.25, 0.3) is 0 Å². The fourth-order valence-corrected chi connectivity index (χ4v) is 0.726. The lowest BCUT2D eigenvalue weighted by atomic mass is 10.4. The maximum absolute atomic E-state index is 4.65. The monoisotopic (exact) mass is 162 g/mol. The van der Waals surface area contributed by atoms with Crippen LogP contribution in [0.2, 0.25) is 0 Å². The van der Waals surface area contributed by atoms with Crippen molar-refractivity contribution in [2.45, 2.75) is 6.92 Å². The summed E-state index contributed by atoms with van der Waals surface area (Å²) in [5, 5.41) is 1.56. The van der Waals surface area contributed by atoms with Gasteiger partial charge in [0, 0.05) is 11.1 Å². The van der Waals surface area contributed by atoms with Crippen molar-refractivity contribution in [3.8, 4) is 0 Å². The number of aromatic amines is 1. The van der Waals surface area contributed by atoms with E-state index in [2.05, 4.69) is 22.2 Å². The second-order valence-corrected chi connectivity index (χ2v) is 1.77. The van der Waals surface area contributed by atoms with Gasteiger partial charge in [0.2, 0.25) is 0 Å². The SMILES string of the molecule is Cc1[nH]cnc1C=S.Cl. The van der Waals surface area contributed by atoms with Gasteiger partial charge < -0.3 is 4.98 Å². The van der Waals surface area contributed by atoms with Gasteiger partial charge in [-0.25, -0.2) is 4.98 Å². The van der Waals surface area contributed by atoms with E-state index in [1.54, 1.807) is 11.7 Å². The van der Waals surface area contributed by atoms with Gasteiger partial charge in [-0.1, -0.05) is 12.2 Å². The van der Waals surface area contributed by atoms with Gasteiger partial charge in [0.05, 0.1) is 12.0 Å². The third kappa shape index (κ3) is 1.77. The van der Waals surface area contributed by atoms with Gasteiger partial charge in [-0.3, -0.25) is 0 Å². The van der Waals surface area contributed by atoms with Gasteiger partial charge in [0.15, 0.2) is 0 Å². The molecule has 0 saturated carbocycles. The normalized spacial score (nSPS) is 8.11. The number of nitrogens with zero attached hydrogens (tertiary/aromatic N) is 1. The van der Waals surface area contributed by atoms with Crippen LogP contribution in [0.4, 0.5) is 0 Å². The van der Waals surface area contributed by atoms with Crippen LogP contribution in [0.5, 0.6) is 0 Å². The summed E-state index contributed by atoms with van der Waals surface area (Å²) in [7, 11) is 0. The molecule has 0 atom stereocenters. The number of aryl methyl sites for hydroxylation is 1. The van der Waals surface area contributed by atoms with Gasteiger partial charge in [-0.2, -0.15) is 0 Å². The lowest BCUT2D eigenvalue weighted by molar-refractivity contribution is 1.25. The molecule has 0 aliphatic rings. The Kier molecular flexibility index (Phi) is 3.42. The summed E-state index contributed by atoms with van der Waals surface area (Å²) in [6.45, 7) is 1.94. The lowest BCUT2D eigenvalue weighted by Crippen LogP contribution is -1.79. The van der Waals surface area contributed by atoms with E-state index in [9.17, 15) is 0 Å². The Hall–Kier alpha value is -0.410. The number of hydrogen-bond donors (Lipinski definition) is 1. The summed E-state index contributed by atoms with van der Waals surface area (Å²) in [4.78, 5) is 6.83. The zero-order valence-electron chi connectivity index (χ0n) is 4.92. The van der Waals surface area contributed by atoms with Crippen LogP contribution in [0.15, 0.2) is 6.33 Å². The molecule has 0 aliphatic heterocycles. The summed E-state index contributed by atoms with van der Waals surface area (Å²) in [6, 6.07) is 0. The topological polar surface area (TPSA) is 28.7 Å². The van der Waals surface area contributed by atoms with E-state index in [1.807, 2.05) is 6.92 Å². The highest BCUT2D eigenvalue weighted by Gasteiger charge is 1.91. The van der Waals surface area contributed by atoms with E-state index in [0.717, 1.165) is 11.4 Å². The number of nitrogens with one attached hydrogen (secondary N) is 1. The van der Waals surface area contributed by atoms with Gasteiger partial charge in [-0.05, 0) is 6.92 Å². The van der Waals surface area contributed by atoms with Crippen molar-refractivity contribution < 1.29 is 0 Å². The van der Waals surface area contributed by atoms with Gasteiger partial charge in [0.1, 0.15) is 0 Å². The molecule has 0 amide bonds. The minimum Gasteiger partial charge on any atom is -0.348 e. The summed E-state index contributed by atoms with van der Waals surface area (Å²) in [5.41, 5.74) is 1.89. The number of H-pyrrole nitrogens is 1. The molecule has 0 bridgehead atoms. The van der Waals surface area contributed by atoms with Crippen LogP contribution < -0.4 is 0 Å². The molecular formula is C5H7ClN2S. The third-order valence-corrected chi connectivity index (χ3v) is 1.20. The third-order valence-electron chi connectivity index (χ3n) is 0.981. The van der Waals surface area contributed by atoms with Crippen molar-refractivity contribution in [2.24, 2.45) is 0 Å². The molecule has 2 nitrogen and oxygen atoms in total. The second-order valence-electron chi connectivity index (χ2n) is 1.53. The first-order valence-electron chi connectivity index (χ1n) is 2.29. The van der Waals surface area contributed by atoms with Crippen molar-refractivity contribution in [3.05, 3.63) is 17.7 Å². The molecule has 0 spiro atoms. The number of hydrogen-bond acceptors (Lipinski definition) is 2. The number of imidazole rings is 1. The Morgan fingerprint density at radius 1 is 1.78 bits per heavy atom. The van der Waals surface area contributed by atoms with E-state index in [0.29, 0.717) is 0 Å². The summed E-state index contributed by atoms with van der Waals surface area (Å²) >= 11 is 4.65. The standard InChI is InChI=1S/C5H6N2S.ClH/c1-4-5(2-8)7-3-6-4;/h2-3H,1H3,(H,6,7);1H. The molecule has 4 heteroatoms. The molecule has 1 heterocycles. The maximum Gasteiger partial charge on any atom is 0.0944 e. The van der Waals surface area contributed by atoms with E-state index in [1.165, 1.54) is 0 Å². The van der Waals surface area contributed by atoms with Crippen molar-refractivity contribution in [3.63, 3.8) is 0 Å². The molecule has 0 saturated heterocycles. The fourth-order valence-electron chi connectivity index (χ4n) is 0.488. The Balaban J connectivity index is 0.000000640. The summed E-state index contributed by atoms with van der Waals surface area (Å²) in [6.07, 6.45) is 1.63. The Morgan fingerprint density at radius 2 is 2.44 bits per heavy atom. The predicted molar refractivity (Wildman–Crippen MR) is 43.3 cm³/mol. The van der Waals surface area contributed by atoms with Crippen LogP contribution in [-0.4, -0.2) is 15.3 Å². The van der Waals surface area contributed by atoms with E-state index in [-0.39, 0.29) is 12.4 Å².